The van der Waals surface area contributed by atoms with Crippen LogP contribution in [0.2, 0.25) is 0 Å². The van der Waals surface area contributed by atoms with Gasteiger partial charge in [-0.05, 0) is 48.0 Å². The van der Waals surface area contributed by atoms with Gasteiger partial charge in [0.25, 0.3) is 11.1 Å². The predicted molar refractivity (Wildman–Crippen MR) is 107 cm³/mol. The molecular formula is C21H18N2O4S. The first-order valence-electron chi connectivity index (χ1n) is 8.50. The van der Waals surface area contributed by atoms with Crippen LogP contribution in [0.4, 0.5) is 4.79 Å². The second-order valence-electron chi connectivity index (χ2n) is 6.11. The molecule has 6 nitrogen and oxygen atoms in total. The normalized spacial score (nSPS) is 15.0. The largest absolute Gasteiger partial charge is 0.493 e. The molecule has 1 aliphatic rings. The molecule has 3 rings (SSSR count). The number of thioether (sulfide) groups is 1. The third-order valence-corrected chi connectivity index (χ3v) is 5.02. The van der Waals surface area contributed by atoms with Crippen LogP contribution in [0.3, 0.4) is 0 Å². The van der Waals surface area contributed by atoms with E-state index in [0.29, 0.717) is 22.0 Å². The monoisotopic (exact) mass is 394 g/mol. The maximum absolute atomic E-state index is 12.7. The second-order valence-corrected chi connectivity index (χ2v) is 7.10. The summed E-state index contributed by atoms with van der Waals surface area (Å²) in [6, 6.07) is 14.7. The van der Waals surface area contributed by atoms with E-state index < -0.39 is 0 Å². The van der Waals surface area contributed by atoms with Gasteiger partial charge < -0.3 is 9.47 Å². The molecule has 0 saturated carbocycles. The molecule has 1 aliphatic heterocycles. The van der Waals surface area contributed by atoms with E-state index in [0.717, 1.165) is 22.9 Å². The highest BCUT2D eigenvalue weighted by Gasteiger charge is 2.35. The summed E-state index contributed by atoms with van der Waals surface area (Å²) in [7, 11) is 1.49. The molecule has 0 aromatic heterocycles. The summed E-state index contributed by atoms with van der Waals surface area (Å²) >= 11 is 0.914. The lowest BCUT2D eigenvalue weighted by atomic mass is 10.1. The number of methoxy groups -OCH3 is 1. The Morgan fingerprint density at radius 3 is 2.57 bits per heavy atom. The van der Waals surface area contributed by atoms with E-state index in [4.69, 9.17) is 14.7 Å². The van der Waals surface area contributed by atoms with E-state index in [1.54, 1.807) is 24.3 Å². The van der Waals surface area contributed by atoms with Gasteiger partial charge in [-0.25, -0.2) is 0 Å². The van der Waals surface area contributed by atoms with Gasteiger partial charge in [-0.2, -0.15) is 5.26 Å². The topological polar surface area (TPSA) is 79.6 Å². The zero-order chi connectivity index (χ0) is 20.1. The van der Waals surface area contributed by atoms with Gasteiger partial charge in [-0.3, -0.25) is 14.5 Å². The van der Waals surface area contributed by atoms with Gasteiger partial charge in [-0.15, -0.1) is 0 Å². The lowest BCUT2D eigenvalue weighted by Gasteiger charge is -2.12. The third-order valence-electron chi connectivity index (χ3n) is 4.11. The molecule has 28 heavy (non-hydrogen) atoms. The Balaban J connectivity index is 1.79. The van der Waals surface area contributed by atoms with Crippen LogP contribution in [-0.2, 0) is 11.3 Å². The van der Waals surface area contributed by atoms with Gasteiger partial charge >= 0.3 is 0 Å². The Bertz CT molecular complexity index is 977. The molecule has 2 aromatic carbocycles. The summed E-state index contributed by atoms with van der Waals surface area (Å²) in [5.74, 6) is 0.566. The van der Waals surface area contributed by atoms with Gasteiger partial charge in [0.1, 0.15) is 6.07 Å². The van der Waals surface area contributed by atoms with Crippen molar-refractivity contribution in [2.24, 2.45) is 0 Å². The number of ether oxygens (including phenoxy) is 2. The second kappa shape index (κ2) is 8.63. The molecule has 1 saturated heterocycles. The average Bonchev–Trinajstić information content (AvgIpc) is 2.95. The third kappa shape index (κ3) is 4.35. The van der Waals surface area contributed by atoms with E-state index >= 15 is 0 Å². The molecule has 0 radical (unpaired) electrons. The van der Waals surface area contributed by atoms with E-state index in [2.05, 4.69) is 0 Å². The highest BCUT2D eigenvalue weighted by Crippen LogP contribution is 2.35. The molecule has 142 valence electrons. The van der Waals surface area contributed by atoms with E-state index in [1.807, 2.05) is 37.3 Å². The number of hydrogen-bond donors (Lipinski definition) is 0. The fraction of sp³-hybridized carbons (Fsp3) is 0.190. The maximum atomic E-state index is 12.7. The number of amides is 2. The molecular weight excluding hydrogens is 376 g/mol. The maximum Gasteiger partial charge on any atom is 0.293 e. The Hall–Kier alpha value is -3.24. The molecule has 0 N–H and O–H groups in total. The van der Waals surface area contributed by atoms with Gasteiger partial charge in [-0.1, -0.05) is 35.9 Å². The van der Waals surface area contributed by atoms with Crippen LogP contribution >= 0.6 is 11.8 Å². The lowest BCUT2D eigenvalue weighted by Crippen LogP contribution is -2.27. The van der Waals surface area contributed by atoms with Gasteiger partial charge in [0, 0.05) is 0 Å². The minimum atomic E-state index is -0.320. The summed E-state index contributed by atoms with van der Waals surface area (Å²) < 4.78 is 10.6. The number of carbonyl (C=O) groups is 2. The van der Waals surface area contributed by atoms with E-state index in [-0.39, 0.29) is 24.3 Å². The zero-order valence-corrected chi connectivity index (χ0v) is 16.3. The first-order valence-corrected chi connectivity index (χ1v) is 9.32. The molecule has 0 bridgehead atoms. The van der Waals surface area contributed by atoms with Gasteiger partial charge in [0.05, 0.1) is 18.6 Å². The fourth-order valence-electron chi connectivity index (χ4n) is 2.67. The first-order chi connectivity index (χ1) is 13.5. The van der Waals surface area contributed by atoms with Gasteiger partial charge in [0.15, 0.2) is 18.1 Å². The molecule has 0 atom stereocenters. The van der Waals surface area contributed by atoms with E-state index in [9.17, 15) is 9.59 Å². The number of hydrogen-bond acceptors (Lipinski definition) is 6. The number of nitriles is 1. The number of imide groups is 1. The summed E-state index contributed by atoms with van der Waals surface area (Å²) in [4.78, 5) is 26.6. The molecule has 0 unspecified atom stereocenters. The highest BCUT2D eigenvalue weighted by atomic mass is 32.2. The van der Waals surface area contributed by atoms with Crippen molar-refractivity contribution < 1.29 is 19.1 Å². The van der Waals surface area contributed by atoms with Crippen molar-refractivity contribution in [1.82, 2.24) is 4.90 Å². The van der Waals surface area contributed by atoms with Crippen molar-refractivity contribution in [2.45, 2.75) is 13.5 Å². The molecule has 2 amide bonds. The van der Waals surface area contributed by atoms with Crippen LogP contribution in [-0.4, -0.2) is 29.8 Å². The van der Waals surface area contributed by atoms with Crippen molar-refractivity contribution in [3.63, 3.8) is 0 Å². The molecule has 0 spiro atoms. The number of rotatable bonds is 6. The van der Waals surface area contributed by atoms with Crippen molar-refractivity contribution in [2.75, 3.05) is 13.7 Å². The number of benzene rings is 2. The summed E-state index contributed by atoms with van der Waals surface area (Å²) in [5.41, 5.74) is 2.71. The van der Waals surface area contributed by atoms with Gasteiger partial charge in [0.2, 0.25) is 0 Å². The van der Waals surface area contributed by atoms with Crippen LogP contribution in [0.25, 0.3) is 6.08 Å². The predicted octanol–water partition coefficient (Wildman–Crippen LogP) is 4.14. The highest BCUT2D eigenvalue weighted by molar-refractivity contribution is 8.18. The fourth-order valence-corrected chi connectivity index (χ4v) is 3.51. The van der Waals surface area contributed by atoms with Crippen LogP contribution in [0.1, 0.15) is 16.7 Å². The van der Waals surface area contributed by atoms with Crippen molar-refractivity contribution in [1.29, 1.82) is 5.26 Å². The zero-order valence-electron chi connectivity index (χ0n) is 15.5. The average molecular weight is 394 g/mol. The number of nitrogens with zero attached hydrogens (tertiary/aromatic N) is 2. The molecule has 1 heterocycles. The van der Waals surface area contributed by atoms with E-state index in [1.165, 1.54) is 12.0 Å². The Labute approximate surface area is 167 Å². The number of carbonyl (C=O) groups excluding carboxylic acids is 2. The number of aryl methyl sites for hydroxylation is 1. The molecule has 1 fully saturated rings. The minimum absolute atomic E-state index is 0.0897. The van der Waals surface area contributed by atoms with Crippen LogP contribution < -0.4 is 9.47 Å². The minimum Gasteiger partial charge on any atom is -0.493 e. The summed E-state index contributed by atoms with van der Waals surface area (Å²) in [5, 5.41) is 8.34. The molecule has 7 heteroatoms. The Morgan fingerprint density at radius 1 is 1.14 bits per heavy atom. The quantitative estimate of drug-likeness (QED) is 0.685. The summed E-state index contributed by atoms with van der Waals surface area (Å²) in [6.45, 7) is 2.14. The first kappa shape index (κ1) is 19.5. The van der Waals surface area contributed by atoms with Crippen molar-refractivity contribution in [3.8, 4) is 17.6 Å². The Morgan fingerprint density at radius 2 is 1.89 bits per heavy atom. The Kier molecular flexibility index (Phi) is 6.02. The standard InChI is InChI=1S/C21H18N2O4S/c1-14-3-5-15(6-4-14)13-23-20(24)19(28-21(23)25)12-16-7-8-17(27-10-9-22)18(11-16)26-2/h3-8,11-12H,10,13H2,1-2H3/b19-12-. The van der Waals surface area contributed by atoms with Crippen molar-refractivity contribution >= 4 is 29.0 Å². The summed E-state index contributed by atoms with van der Waals surface area (Å²) in [6.07, 6.45) is 1.65. The molecule has 0 aliphatic carbocycles. The molecule has 2 aromatic rings. The van der Waals surface area contributed by atoms with Crippen molar-refractivity contribution in [3.05, 3.63) is 64.1 Å². The van der Waals surface area contributed by atoms with Crippen LogP contribution in [0, 0.1) is 18.3 Å². The lowest BCUT2D eigenvalue weighted by molar-refractivity contribution is -0.123. The van der Waals surface area contributed by atoms with Crippen LogP contribution in [0.15, 0.2) is 47.4 Å². The SMILES string of the molecule is COc1cc(/C=C2\SC(=O)N(Cc3ccc(C)cc3)C2=O)ccc1OCC#N. The van der Waals surface area contributed by atoms with Crippen LogP contribution in [0.5, 0.6) is 11.5 Å². The smallest absolute Gasteiger partial charge is 0.293 e.